The second-order valence-electron chi connectivity index (χ2n) is 6.00. The Balaban J connectivity index is 1.66. The van der Waals surface area contributed by atoms with Crippen molar-refractivity contribution in [3.63, 3.8) is 0 Å². The van der Waals surface area contributed by atoms with Gasteiger partial charge in [0.15, 0.2) is 0 Å². The molecule has 0 bridgehead atoms. The Morgan fingerprint density at radius 1 is 1.40 bits per heavy atom. The number of hydrogen-bond donors (Lipinski definition) is 2. The molecule has 2 N–H and O–H groups in total. The van der Waals surface area contributed by atoms with Crippen LogP contribution in [0.1, 0.15) is 53.8 Å². The molecule has 112 valence electrons. The lowest BCUT2D eigenvalue weighted by molar-refractivity contribution is -0.122. The molecule has 1 aromatic heterocycles. The van der Waals surface area contributed by atoms with Gasteiger partial charge in [0.2, 0.25) is 5.91 Å². The molecule has 1 aliphatic rings. The Kier molecular flexibility index (Phi) is 5.22. The van der Waals surface area contributed by atoms with Crippen molar-refractivity contribution in [2.75, 3.05) is 6.54 Å². The molecule has 3 nitrogen and oxygen atoms in total. The molecule has 1 saturated carbocycles. The van der Waals surface area contributed by atoms with Gasteiger partial charge >= 0.3 is 0 Å². The molecule has 1 fully saturated rings. The second kappa shape index (κ2) is 6.72. The first-order valence-electron chi connectivity index (χ1n) is 7.53. The van der Waals surface area contributed by atoms with Crippen LogP contribution in [0.2, 0.25) is 0 Å². The zero-order valence-electron chi connectivity index (χ0n) is 12.5. The van der Waals surface area contributed by atoms with Crippen molar-refractivity contribution < 1.29 is 9.90 Å². The van der Waals surface area contributed by atoms with E-state index in [-0.39, 0.29) is 5.91 Å². The summed E-state index contributed by atoms with van der Waals surface area (Å²) in [4.78, 5) is 14.5. The molecule has 0 saturated heterocycles. The predicted molar refractivity (Wildman–Crippen MR) is 83.2 cm³/mol. The van der Waals surface area contributed by atoms with Crippen molar-refractivity contribution in [2.45, 2.75) is 64.4 Å². The molecule has 0 spiro atoms. The van der Waals surface area contributed by atoms with Gasteiger partial charge < -0.3 is 10.4 Å². The van der Waals surface area contributed by atoms with Crippen LogP contribution in [0.3, 0.4) is 0 Å². The summed E-state index contributed by atoms with van der Waals surface area (Å²) in [5.74, 6) is 0.0647. The molecule has 1 aliphatic carbocycles. The number of thiophene rings is 1. The lowest BCUT2D eigenvalue weighted by Gasteiger charge is -2.22. The zero-order chi connectivity index (χ0) is 14.6. The lowest BCUT2D eigenvalue weighted by Crippen LogP contribution is -2.40. The first-order valence-corrected chi connectivity index (χ1v) is 8.35. The highest BCUT2D eigenvalue weighted by Gasteiger charge is 2.31. The minimum absolute atomic E-state index is 0.0647. The number of hydrogen-bond acceptors (Lipinski definition) is 3. The number of carbonyl (C=O) groups excluding carboxylic acids is 1. The molecule has 0 unspecified atom stereocenters. The van der Waals surface area contributed by atoms with Crippen LogP contribution < -0.4 is 5.32 Å². The normalized spacial score (nSPS) is 17.4. The maximum Gasteiger partial charge on any atom is 0.220 e. The predicted octanol–water partition coefficient (Wildman–Crippen LogP) is 3.11. The minimum Gasteiger partial charge on any atom is -0.388 e. The van der Waals surface area contributed by atoms with Crippen molar-refractivity contribution in [3.05, 3.63) is 21.4 Å². The van der Waals surface area contributed by atoms with Crippen LogP contribution in [0.5, 0.6) is 0 Å². The third kappa shape index (κ3) is 4.32. The largest absolute Gasteiger partial charge is 0.388 e. The highest BCUT2D eigenvalue weighted by molar-refractivity contribution is 7.12. The average molecular weight is 295 g/mol. The maximum absolute atomic E-state index is 11.8. The van der Waals surface area contributed by atoms with Crippen LogP contribution >= 0.6 is 11.3 Å². The standard InChI is InChI=1S/C16H25NO2S/c1-12-10-14(13(2)20-12)6-5-7-15(18)17-11-16(19)8-3-4-9-16/h10,19H,3-9,11H2,1-2H3,(H,17,18). The molecule has 0 radical (unpaired) electrons. The summed E-state index contributed by atoms with van der Waals surface area (Å²) in [6, 6.07) is 2.22. The van der Waals surface area contributed by atoms with E-state index in [0.29, 0.717) is 13.0 Å². The monoisotopic (exact) mass is 295 g/mol. The molecule has 0 aliphatic heterocycles. The highest BCUT2D eigenvalue weighted by Crippen LogP contribution is 2.28. The Morgan fingerprint density at radius 3 is 2.70 bits per heavy atom. The van der Waals surface area contributed by atoms with Crippen molar-refractivity contribution in [1.29, 1.82) is 0 Å². The van der Waals surface area contributed by atoms with E-state index >= 15 is 0 Å². The Morgan fingerprint density at radius 2 is 2.10 bits per heavy atom. The van der Waals surface area contributed by atoms with Gasteiger partial charge in [-0.2, -0.15) is 0 Å². The van der Waals surface area contributed by atoms with Crippen LogP contribution in [0.4, 0.5) is 0 Å². The van der Waals surface area contributed by atoms with Gasteiger partial charge in [-0.3, -0.25) is 4.79 Å². The average Bonchev–Trinajstić information content (AvgIpc) is 2.95. The molecular weight excluding hydrogens is 270 g/mol. The van der Waals surface area contributed by atoms with Gasteiger partial charge in [0.25, 0.3) is 0 Å². The summed E-state index contributed by atoms with van der Waals surface area (Å²) >= 11 is 1.82. The zero-order valence-corrected chi connectivity index (χ0v) is 13.3. The summed E-state index contributed by atoms with van der Waals surface area (Å²) in [6.45, 7) is 4.68. The van der Waals surface area contributed by atoms with Gasteiger partial charge in [0.05, 0.1) is 5.60 Å². The van der Waals surface area contributed by atoms with E-state index in [1.807, 2.05) is 11.3 Å². The number of aliphatic hydroxyl groups is 1. The molecule has 0 atom stereocenters. The number of rotatable bonds is 6. The Hall–Kier alpha value is -0.870. The number of nitrogens with one attached hydrogen (secondary N) is 1. The van der Waals surface area contributed by atoms with Gasteiger partial charge in [-0.15, -0.1) is 11.3 Å². The fourth-order valence-electron chi connectivity index (χ4n) is 2.93. The topological polar surface area (TPSA) is 49.3 Å². The van der Waals surface area contributed by atoms with Crippen LogP contribution in [-0.4, -0.2) is 23.2 Å². The fraction of sp³-hybridized carbons (Fsp3) is 0.688. The third-order valence-corrected chi connectivity index (χ3v) is 5.15. The smallest absolute Gasteiger partial charge is 0.220 e. The second-order valence-corrected chi connectivity index (χ2v) is 7.46. The van der Waals surface area contributed by atoms with Crippen LogP contribution in [0.25, 0.3) is 0 Å². The highest BCUT2D eigenvalue weighted by atomic mass is 32.1. The van der Waals surface area contributed by atoms with Crippen LogP contribution in [0.15, 0.2) is 6.07 Å². The Bertz CT molecular complexity index is 461. The molecule has 1 amide bonds. The van der Waals surface area contributed by atoms with Crippen molar-refractivity contribution in [3.8, 4) is 0 Å². The molecule has 20 heavy (non-hydrogen) atoms. The van der Waals surface area contributed by atoms with Gasteiger partial charge in [-0.1, -0.05) is 12.8 Å². The Labute approximate surface area is 125 Å². The third-order valence-electron chi connectivity index (χ3n) is 4.14. The molecule has 0 aromatic carbocycles. The van der Waals surface area contributed by atoms with Gasteiger partial charge in [-0.05, 0) is 51.2 Å². The quantitative estimate of drug-likeness (QED) is 0.847. The number of amides is 1. The SMILES string of the molecule is Cc1cc(CCCC(=O)NCC2(O)CCCC2)c(C)s1. The molecule has 1 aromatic rings. The van der Waals surface area contributed by atoms with Crippen molar-refractivity contribution in [1.82, 2.24) is 5.32 Å². The van der Waals surface area contributed by atoms with E-state index in [9.17, 15) is 9.90 Å². The van der Waals surface area contributed by atoms with Gasteiger partial charge in [-0.25, -0.2) is 0 Å². The summed E-state index contributed by atoms with van der Waals surface area (Å²) in [5, 5.41) is 13.1. The van der Waals surface area contributed by atoms with E-state index in [1.165, 1.54) is 15.3 Å². The lowest BCUT2D eigenvalue weighted by atomic mass is 10.0. The maximum atomic E-state index is 11.8. The van der Waals surface area contributed by atoms with E-state index < -0.39 is 5.60 Å². The van der Waals surface area contributed by atoms with Crippen LogP contribution in [-0.2, 0) is 11.2 Å². The minimum atomic E-state index is -0.642. The molecule has 1 heterocycles. The van der Waals surface area contributed by atoms with E-state index in [0.717, 1.165) is 38.5 Å². The van der Waals surface area contributed by atoms with E-state index in [1.54, 1.807) is 0 Å². The first kappa shape index (κ1) is 15.5. The van der Waals surface area contributed by atoms with E-state index in [4.69, 9.17) is 0 Å². The van der Waals surface area contributed by atoms with Crippen molar-refractivity contribution >= 4 is 17.2 Å². The van der Waals surface area contributed by atoms with Crippen LogP contribution in [0, 0.1) is 13.8 Å². The summed E-state index contributed by atoms with van der Waals surface area (Å²) in [6.07, 6.45) is 6.17. The van der Waals surface area contributed by atoms with Crippen molar-refractivity contribution in [2.24, 2.45) is 0 Å². The summed E-state index contributed by atoms with van der Waals surface area (Å²) < 4.78 is 0. The number of aryl methyl sites for hydroxylation is 3. The molecule has 4 heteroatoms. The first-order chi connectivity index (χ1) is 9.48. The van der Waals surface area contributed by atoms with Gasteiger partial charge in [0.1, 0.15) is 0 Å². The van der Waals surface area contributed by atoms with Gasteiger partial charge in [0, 0.05) is 22.7 Å². The summed E-state index contributed by atoms with van der Waals surface area (Å²) in [7, 11) is 0. The van der Waals surface area contributed by atoms with E-state index in [2.05, 4.69) is 25.2 Å². The fourth-order valence-corrected chi connectivity index (χ4v) is 3.91. The summed E-state index contributed by atoms with van der Waals surface area (Å²) in [5.41, 5.74) is 0.728. The molecular formula is C16H25NO2S. The number of carbonyl (C=O) groups is 1. The molecule has 2 rings (SSSR count).